The summed E-state index contributed by atoms with van der Waals surface area (Å²) in [5.41, 5.74) is 2.52. The monoisotopic (exact) mass is 247 g/mol. The summed E-state index contributed by atoms with van der Waals surface area (Å²) in [7, 11) is 2.21. The molecule has 0 radical (unpaired) electrons. The Morgan fingerprint density at radius 3 is 2.67 bits per heavy atom. The lowest BCUT2D eigenvalue weighted by molar-refractivity contribution is 0.0999. The van der Waals surface area contributed by atoms with E-state index < -0.39 is 0 Å². The largest absolute Gasteiger partial charge is 0.301 e. The predicted octanol–water partition coefficient (Wildman–Crippen LogP) is 2.34. The first-order chi connectivity index (χ1) is 8.56. The van der Waals surface area contributed by atoms with Crippen LogP contribution in [0.25, 0.3) is 0 Å². The highest BCUT2D eigenvalue weighted by Crippen LogP contribution is 2.14. The molecule has 0 unspecified atom stereocenters. The molecule has 0 aliphatic carbocycles. The molecule has 0 amide bonds. The Labute approximate surface area is 111 Å². The summed E-state index contributed by atoms with van der Waals surface area (Å²) in [5.74, 6) is 0.516. The van der Waals surface area contributed by atoms with Gasteiger partial charge in [-0.15, -0.1) is 0 Å². The zero-order valence-electron chi connectivity index (χ0n) is 12.1. The molecule has 1 aromatic rings. The topological polar surface area (TPSA) is 19.4 Å². The number of rotatable bonds is 3. The summed E-state index contributed by atoms with van der Waals surface area (Å²) >= 11 is 0. The van der Waals surface area contributed by atoms with Gasteiger partial charge < -0.3 is 4.90 Å². The van der Waals surface area contributed by atoms with Crippen LogP contribution in [0.1, 0.15) is 37.9 Å². The second-order valence-corrected chi connectivity index (χ2v) is 5.81. The third-order valence-electron chi connectivity index (χ3n) is 3.89. The lowest BCUT2D eigenvalue weighted by Crippen LogP contribution is -2.49. The number of pyridine rings is 1. The van der Waals surface area contributed by atoms with Crippen molar-refractivity contribution in [3.05, 3.63) is 29.6 Å². The first-order valence-corrected chi connectivity index (χ1v) is 6.93. The molecular weight excluding hydrogens is 222 g/mol. The van der Waals surface area contributed by atoms with Crippen molar-refractivity contribution in [2.75, 3.05) is 26.7 Å². The van der Waals surface area contributed by atoms with Crippen molar-refractivity contribution < 1.29 is 0 Å². The van der Waals surface area contributed by atoms with Gasteiger partial charge in [0, 0.05) is 44.1 Å². The number of hydrogen-bond donors (Lipinski definition) is 0. The van der Waals surface area contributed by atoms with Crippen molar-refractivity contribution in [3.8, 4) is 0 Å². The zero-order valence-corrected chi connectivity index (χ0v) is 12.1. The van der Waals surface area contributed by atoms with Crippen LogP contribution in [0.5, 0.6) is 0 Å². The molecule has 3 nitrogen and oxygen atoms in total. The van der Waals surface area contributed by atoms with E-state index in [-0.39, 0.29) is 0 Å². The first kappa shape index (κ1) is 13.5. The molecule has 0 N–H and O–H groups in total. The fraction of sp³-hybridized carbons (Fsp3) is 0.667. The number of aromatic nitrogens is 1. The Balaban J connectivity index is 1.93. The number of nitrogens with zero attached hydrogens (tertiary/aromatic N) is 3. The highest BCUT2D eigenvalue weighted by molar-refractivity contribution is 5.16. The van der Waals surface area contributed by atoms with E-state index in [0.717, 1.165) is 19.6 Å². The van der Waals surface area contributed by atoms with Crippen LogP contribution in [0.2, 0.25) is 0 Å². The standard InChI is InChI=1S/C15H25N3/c1-12(2)15-6-5-14(9-16-15)11-18-8-7-17(4)13(3)10-18/h5-6,9,12-13H,7-8,10-11H2,1-4H3/t13-/m0/s1. The van der Waals surface area contributed by atoms with Crippen LogP contribution >= 0.6 is 0 Å². The molecular formula is C15H25N3. The Bertz CT molecular complexity index is 372. The maximum atomic E-state index is 4.54. The lowest BCUT2D eigenvalue weighted by Gasteiger charge is -2.37. The van der Waals surface area contributed by atoms with Crippen LogP contribution in [0.3, 0.4) is 0 Å². The number of likely N-dealkylation sites (N-methyl/N-ethyl adjacent to an activating group) is 1. The van der Waals surface area contributed by atoms with Crippen LogP contribution in [0, 0.1) is 0 Å². The summed E-state index contributed by atoms with van der Waals surface area (Å²) in [6, 6.07) is 5.05. The van der Waals surface area contributed by atoms with Gasteiger partial charge in [-0.2, -0.15) is 0 Å². The molecule has 2 rings (SSSR count). The molecule has 0 spiro atoms. The summed E-state index contributed by atoms with van der Waals surface area (Å²) in [5, 5.41) is 0. The summed E-state index contributed by atoms with van der Waals surface area (Å²) in [6.45, 7) is 11.2. The van der Waals surface area contributed by atoms with Gasteiger partial charge in [0.25, 0.3) is 0 Å². The van der Waals surface area contributed by atoms with Gasteiger partial charge in [-0.3, -0.25) is 9.88 Å². The normalized spacial score (nSPS) is 22.6. The Morgan fingerprint density at radius 2 is 2.11 bits per heavy atom. The van der Waals surface area contributed by atoms with Crippen molar-refractivity contribution in [3.63, 3.8) is 0 Å². The smallest absolute Gasteiger partial charge is 0.0429 e. The van der Waals surface area contributed by atoms with E-state index in [1.807, 2.05) is 6.20 Å². The lowest BCUT2D eigenvalue weighted by atomic mass is 10.1. The molecule has 1 atom stereocenters. The van der Waals surface area contributed by atoms with E-state index in [4.69, 9.17) is 0 Å². The van der Waals surface area contributed by atoms with Gasteiger partial charge in [0.15, 0.2) is 0 Å². The third-order valence-corrected chi connectivity index (χ3v) is 3.89. The maximum Gasteiger partial charge on any atom is 0.0429 e. The van der Waals surface area contributed by atoms with E-state index >= 15 is 0 Å². The van der Waals surface area contributed by atoms with Crippen LogP contribution in [-0.2, 0) is 6.54 Å². The molecule has 18 heavy (non-hydrogen) atoms. The minimum atomic E-state index is 0.516. The molecule has 0 bridgehead atoms. The Kier molecular flexibility index (Phi) is 4.36. The van der Waals surface area contributed by atoms with Crippen LogP contribution in [0.15, 0.2) is 18.3 Å². The SMILES string of the molecule is CC(C)c1ccc(CN2CCN(C)[C@@H](C)C2)cn1. The fourth-order valence-corrected chi connectivity index (χ4v) is 2.40. The minimum Gasteiger partial charge on any atom is -0.301 e. The van der Waals surface area contributed by atoms with Crippen LogP contribution < -0.4 is 0 Å². The number of piperazine rings is 1. The van der Waals surface area contributed by atoms with E-state index in [9.17, 15) is 0 Å². The summed E-state index contributed by atoms with van der Waals surface area (Å²) in [4.78, 5) is 9.49. The quantitative estimate of drug-likeness (QED) is 0.817. The molecule has 1 aromatic heterocycles. The van der Waals surface area contributed by atoms with Gasteiger partial charge in [0.1, 0.15) is 0 Å². The first-order valence-electron chi connectivity index (χ1n) is 6.93. The fourth-order valence-electron chi connectivity index (χ4n) is 2.40. The molecule has 1 aliphatic heterocycles. The molecule has 1 fully saturated rings. The average molecular weight is 247 g/mol. The number of hydrogen-bond acceptors (Lipinski definition) is 3. The van der Waals surface area contributed by atoms with Gasteiger partial charge in [-0.05, 0) is 31.5 Å². The van der Waals surface area contributed by atoms with Gasteiger partial charge in [-0.1, -0.05) is 19.9 Å². The van der Waals surface area contributed by atoms with E-state index in [2.05, 4.69) is 54.7 Å². The predicted molar refractivity (Wildman–Crippen MR) is 75.7 cm³/mol. The Morgan fingerprint density at radius 1 is 1.33 bits per heavy atom. The molecule has 1 aliphatic rings. The minimum absolute atomic E-state index is 0.516. The van der Waals surface area contributed by atoms with Crippen molar-refractivity contribution in [2.24, 2.45) is 0 Å². The zero-order chi connectivity index (χ0) is 13.1. The van der Waals surface area contributed by atoms with Gasteiger partial charge >= 0.3 is 0 Å². The summed E-state index contributed by atoms with van der Waals surface area (Å²) < 4.78 is 0. The Hall–Kier alpha value is -0.930. The molecule has 2 heterocycles. The molecule has 100 valence electrons. The van der Waals surface area contributed by atoms with Gasteiger partial charge in [-0.25, -0.2) is 0 Å². The molecule has 1 saturated heterocycles. The molecule has 3 heteroatoms. The van der Waals surface area contributed by atoms with Crippen molar-refractivity contribution in [2.45, 2.75) is 39.3 Å². The van der Waals surface area contributed by atoms with Crippen molar-refractivity contribution in [1.82, 2.24) is 14.8 Å². The third kappa shape index (κ3) is 3.30. The van der Waals surface area contributed by atoms with Gasteiger partial charge in [0.05, 0.1) is 0 Å². The molecule has 0 aromatic carbocycles. The van der Waals surface area contributed by atoms with Gasteiger partial charge in [0.2, 0.25) is 0 Å². The van der Waals surface area contributed by atoms with E-state index in [1.165, 1.54) is 17.8 Å². The van der Waals surface area contributed by atoms with Crippen molar-refractivity contribution >= 4 is 0 Å². The van der Waals surface area contributed by atoms with Crippen molar-refractivity contribution in [1.29, 1.82) is 0 Å². The highest BCUT2D eigenvalue weighted by atomic mass is 15.3. The molecule has 0 saturated carbocycles. The maximum absolute atomic E-state index is 4.54. The second kappa shape index (κ2) is 5.81. The van der Waals surface area contributed by atoms with Crippen LogP contribution in [-0.4, -0.2) is 47.5 Å². The highest BCUT2D eigenvalue weighted by Gasteiger charge is 2.20. The summed E-state index contributed by atoms with van der Waals surface area (Å²) in [6.07, 6.45) is 2.04. The van der Waals surface area contributed by atoms with E-state index in [0.29, 0.717) is 12.0 Å². The van der Waals surface area contributed by atoms with Crippen LogP contribution in [0.4, 0.5) is 0 Å². The van der Waals surface area contributed by atoms with E-state index in [1.54, 1.807) is 0 Å². The second-order valence-electron chi connectivity index (χ2n) is 5.81. The average Bonchev–Trinajstić information content (AvgIpc) is 2.34.